The highest BCUT2D eigenvalue weighted by Crippen LogP contribution is 2.29. The lowest BCUT2D eigenvalue weighted by Gasteiger charge is -2.09. The average molecular weight is 264 g/mol. The standard InChI is InChI=1S/C16H12N2O2/c1-11-4-2-7-14-15(11)16(18-10-17-14)20-13-6-3-5-12(8-13)9-19/h2-10H,1H3. The van der Waals surface area contributed by atoms with Crippen molar-refractivity contribution in [2.45, 2.75) is 6.92 Å². The van der Waals surface area contributed by atoms with E-state index in [4.69, 9.17) is 4.74 Å². The Kier molecular flexibility index (Phi) is 3.13. The van der Waals surface area contributed by atoms with Gasteiger partial charge in [0.05, 0.1) is 10.9 Å². The van der Waals surface area contributed by atoms with Gasteiger partial charge in [0.2, 0.25) is 5.88 Å². The van der Waals surface area contributed by atoms with Crippen molar-refractivity contribution in [2.75, 3.05) is 0 Å². The number of carbonyl (C=O) groups excluding carboxylic acids is 1. The zero-order valence-corrected chi connectivity index (χ0v) is 10.9. The first kappa shape index (κ1) is 12.3. The first-order valence-electron chi connectivity index (χ1n) is 6.21. The van der Waals surface area contributed by atoms with Crippen molar-refractivity contribution in [3.8, 4) is 11.6 Å². The van der Waals surface area contributed by atoms with E-state index in [1.807, 2.05) is 25.1 Å². The number of benzene rings is 2. The molecule has 0 bridgehead atoms. The van der Waals surface area contributed by atoms with E-state index in [2.05, 4.69) is 9.97 Å². The molecule has 0 saturated carbocycles. The van der Waals surface area contributed by atoms with Gasteiger partial charge in [0.25, 0.3) is 0 Å². The molecule has 3 rings (SSSR count). The molecule has 98 valence electrons. The molecule has 0 aliphatic rings. The lowest BCUT2D eigenvalue weighted by Crippen LogP contribution is -1.93. The van der Waals surface area contributed by atoms with Crippen LogP contribution in [0.25, 0.3) is 10.9 Å². The summed E-state index contributed by atoms with van der Waals surface area (Å²) in [7, 11) is 0. The summed E-state index contributed by atoms with van der Waals surface area (Å²) in [5.74, 6) is 1.08. The number of ether oxygens (including phenoxy) is 1. The molecule has 0 spiro atoms. The van der Waals surface area contributed by atoms with E-state index >= 15 is 0 Å². The highest BCUT2D eigenvalue weighted by atomic mass is 16.5. The van der Waals surface area contributed by atoms with Crippen LogP contribution >= 0.6 is 0 Å². The zero-order chi connectivity index (χ0) is 13.9. The van der Waals surface area contributed by atoms with E-state index in [1.54, 1.807) is 24.3 Å². The Morgan fingerprint density at radius 1 is 1.10 bits per heavy atom. The van der Waals surface area contributed by atoms with Gasteiger partial charge >= 0.3 is 0 Å². The second kappa shape index (κ2) is 5.09. The maximum atomic E-state index is 10.8. The fraction of sp³-hybridized carbons (Fsp3) is 0.0625. The highest BCUT2D eigenvalue weighted by molar-refractivity contribution is 5.86. The molecule has 0 N–H and O–H groups in total. The molecule has 0 radical (unpaired) electrons. The minimum absolute atomic E-state index is 0.496. The smallest absolute Gasteiger partial charge is 0.230 e. The first-order valence-corrected chi connectivity index (χ1v) is 6.21. The molecule has 0 amide bonds. The van der Waals surface area contributed by atoms with Crippen molar-refractivity contribution in [1.82, 2.24) is 9.97 Å². The van der Waals surface area contributed by atoms with Crippen LogP contribution in [0.1, 0.15) is 15.9 Å². The molecule has 0 atom stereocenters. The predicted molar refractivity (Wildman–Crippen MR) is 76.2 cm³/mol. The number of aromatic nitrogens is 2. The lowest BCUT2D eigenvalue weighted by atomic mass is 10.1. The Balaban J connectivity index is 2.08. The van der Waals surface area contributed by atoms with Crippen molar-refractivity contribution in [3.05, 3.63) is 59.9 Å². The fourth-order valence-corrected chi connectivity index (χ4v) is 2.09. The second-order valence-electron chi connectivity index (χ2n) is 4.44. The van der Waals surface area contributed by atoms with Crippen molar-refractivity contribution in [2.24, 2.45) is 0 Å². The largest absolute Gasteiger partial charge is 0.438 e. The minimum Gasteiger partial charge on any atom is -0.438 e. The molecular weight excluding hydrogens is 252 g/mol. The van der Waals surface area contributed by atoms with Crippen LogP contribution in [0.4, 0.5) is 0 Å². The number of nitrogens with zero attached hydrogens (tertiary/aromatic N) is 2. The van der Waals surface area contributed by atoms with Gasteiger partial charge in [0, 0.05) is 5.56 Å². The van der Waals surface area contributed by atoms with Gasteiger partial charge in [-0.3, -0.25) is 4.79 Å². The summed E-state index contributed by atoms with van der Waals surface area (Å²) in [6.45, 7) is 1.99. The van der Waals surface area contributed by atoms with Crippen molar-refractivity contribution < 1.29 is 9.53 Å². The van der Waals surface area contributed by atoms with E-state index in [1.165, 1.54) is 6.33 Å². The Morgan fingerprint density at radius 2 is 1.95 bits per heavy atom. The molecule has 0 fully saturated rings. The van der Waals surface area contributed by atoms with Crippen molar-refractivity contribution in [3.63, 3.8) is 0 Å². The van der Waals surface area contributed by atoms with E-state index in [-0.39, 0.29) is 0 Å². The summed E-state index contributed by atoms with van der Waals surface area (Å²) < 4.78 is 5.80. The Bertz CT molecular complexity index is 779. The summed E-state index contributed by atoms with van der Waals surface area (Å²) in [5, 5.41) is 0.881. The molecule has 0 aliphatic heterocycles. The molecular formula is C16H12N2O2. The van der Waals surface area contributed by atoms with Gasteiger partial charge in [-0.2, -0.15) is 0 Å². The number of aldehydes is 1. The van der Waals surface area contributed by atoms with Crippen LogP contribution in [0.5, 0.6) is 11.6 Å². The summed E-state index contributed by atoms with van der Waals surface area (Å²) in [6, 6.07) is 12.8. The quantitative estimate of drug-likeness (QED) is 0.679. The van der Waals surface area contributed by atoms with Crippen molar-refractivity contribution in [1.29, 1.82) is 0 Å². The monoisotopic (exact) mass is 264 g/mol. The van der Waals surface area contributed by atoms with E-state index in [9.17, 15) is 4.79 Å². The summed E-state index contributed by atoms with van der Waals surface area (Å²) >= 11 is 0. The number of hydrogen-bond donors (Lipinski definition) is 0. The SMILES string of the molecule is Cc1cccc2ncnc(Oc3cccc(C=O)c3)c12. The van der Waals surface area contributed by atoms with Crippen molar-refractivity contribution >= 4 is 17.2 Å². The predicted octanol–water partition coefficient (Wildman–Crippen LogP) is 3.54. The number of rotatable bonds is 3. The molecule has 4 nitrogen and oxygen atoms in total. The normalized spacial score (nSPS) is 10.4. The number of fused-ring (bicyclic) bond motifs is 1. The summed E-state index contributed by atoms with van der Waals surface area (Å²) in [4.78, 5) is 19.2. The summed E-state index contributed by atoms with van der Waals surface area (Å²) in [5.41, 5.74) is 2.45. The maximum absolute atomic E-state index is 10.8. The third kappa shape index (κ3) is 2.23. The van der Waals surface area contributed by atoms with Gasteiger partial charge in [-0.15, -0.1) is 0 Å². The van der Waals surface area contributed by atoms with Crippen LogP contribution in [0.2, 0.25) is 0 Å². The summed E-state index contributed by atoms with van der Waals surface area (Å²) in [6.07, 6.45) is 2.26. The number of aryl methyl sites for hydroxylation is 1. The first-order chi connectivity index (χ1) is 9.78. The molecule has 1 heterocycles. The fourth-order valence-electron chi connectivity index (χ4n) is 2.09. The number of carbonyl (C=O) groups is 1. The molecule has 2 aromatic carbocycles. The van der Waals surface area contributed by atoms with Gasteiger partial charge in [-0.1, -0.05) is 24.3 Å². The topological polar surface area (TPSA) is 52.1 Å². The molecule has 3 aromatic rings. The Hall–Kier alpha value is -2.75. The molecule has 20 heavy (non-hydrogen) atoms. The van der Waals surface area contributed by atoms with Crippen LogP contribution in [0.3, 0.4) is 0 Å². The number of hydrogen-bond acceptors (Lipinski definition) is 4. The highest BCUT2D eigenvalue weighted by Gasteiger charge is 2.08. The van der Waals surface area contributed by atoms with Gasteiger partial charge in [0.1, 0.15) is 18.4 Å². The van der Waals surface area contributed by atoms with Gasteiger partial charge in [-0.05, 0) is 30.7 Å². The van der Waals surface area contributed by atoms with E-state index in [0.29, 0.717) is 17.2 Å². The lowest BCUT2D eigenvalue weighted by molar-refractivity contribution is 0.112. The van der Waals surface area contributed by atoms with Crippen LogP contribution < -0.4 is 4.74 Å². The average Bonchev–Trinajstić information content (AvgIpc) is 2.48. The van der Waals surface area contributed by atoms with E-state index in [0.717, 1.165) is 22.8 Å². The zero-order valence-electron chi connectivity index (χ0n) is 10.9. The van der Waals surface area contributed by atoms with Crippen LogP contribution in [0.15, 0.2) is 48.8 Å². The van der Waals surface area contributed by atoms with Crippen LogP contribution in [-0.4, -0.2) is 16.3 Å². The third-order valence-electron chi connectivity index (χ3n) is 3.05. The third-order valence-corrected chi connectivity index (χ3v) is 3.05. The van der Waals surface area contributed by atoms with Gasteiger partial charge < -0.3 is 4.74 Å². The molecule has 0 aliphatic carbocycles. The van der Waals surface area contributed by atoms with Gasteiger partial charge in [0.15, 0.2) is 0 Å². The molecule has 0 unspecified atom stereocenters. The second-order valence-corrected chi connectivity index (χ2v) is 4.44. The van der Waals surface area contributed by atoms with E-state index < -0.39 is 0 Å². The minimum atomic E-state index is 0.496. The molecule has 1 aromatic heterocycles. The Morgan fingerprint density at radius 3 is 2.80 bits per heavy atom. The van der Waals surface area contributed by atoms with Gasteiger partial charge in [-0.25, -0.2) is 9.97 Å². The maximum Gasteiger partial charge on any atom is 0.230 e. The Labute approximate surface area is 116 Å². The molecule has 0 saturated heterocycles. The van der Waals surface area contributed by atoms with Crippen LogP contribution in [-0.2, 0) is 0 Å². The van der Waals surface area contributed by atoms with Crippen LogP contribution in [0, 0.1) is 6.92 Å². The molecule has 4 heteroatoms.